The average molecular weight is 297 g/mol. The average Bonchev–Trinajstić information content (AvgIpc) is 2.45. The van der Waals surface area contributed by atoms with E-state index < -0.39 is 4.92 Å². The van der Waals surface area contributed by atoms with Gasteiger partial charge in [-0.05, 0) is 19.2 Å². The second-order valence-corrected chi connectivity index (χ2v) is 5.37. The Hall–Kier alpha value is -1.76. The summed E-state index contributed by atoms with van der Waals surface area (Å²) in [5.74, 6) is 0.589. The zero-order valence-electron chi connectivity index (χ0n) is 12.0. The van der Waals surface area contributed by atoms with E-state index in [0.717, 1.165) is 5.75 Å². The summed E-state index contributed by atoms with van der Waals surface area (Å²) in [6, 6.07) is 4.31. The van der Waals surface area contributed by atoms with Crippen LogP contribution in [-0.2, 0) is 0 Å². The molecule has 20 heavy (non-hydrogen) atoms. The van der Waals surface area contributed by atoms with Crippen LogP contribution in [0.4, 0.5) is 11.4 Å². The van der Waals surface area contributed by atoms with Crippen molar-refractivity contribution < 1.29 is 9.72 Å². The predicted molar refractivity (Wildman–Crippen MR) is 82.6 cm³/mol. The number of thioether (sulfide) groups is 1. The fraction of sp³-hybridized carbons (Fsp3) is 0.462. The monoisotopic (exact) mass is 297 g/mol. The third-order valence-electron chi connectivity index (χ3n) is 3.10. The summed E-state index contributed by atoms with van der Waals surface area (Å²) < 4.78 is 0. The molecule has 1 aromatic rings. The quantitative estimate of drug-likeness (QED) is 0.645. The van der Waals surface area contributed by atoms with Crippen LogP contribution >= 0.6 is 11.8 Å². The third kappa shape index (κ3) is 3.63. The number of nitro groups is 1. The molecule has 0 spiro atoms. The number of rotatable bonds is 6. The van der Waals surface area contributed by atoms with E-state index in [4.69, 9.17) is 0 Å². The Morgan fingerprint density at radius 1 is 1.55 bits per heavy atom. The number of carbonyl (C=O) groups excluding carboxylic acids is 1. The van der Waals surface area contributed by atoms with Crippen molar-refractivity contribution in [1.82, 2.24) is 4.90 Å². The molecular formula is C13H19N3O3S. The summed E-state index contributed by atoms with van der Waals surface area (Å²) in [5.41, 5.74) is 0.819. The summed E-state index contributed by atoms with van der Waals surface area (Å²) >= 11 is 1.65. The molecule has 0 aliphatic carbocycles. The molecule has 1 unspecified atom stereocenters. The fourth-order valence-electron chi connectivity index (χ4n) is 1.78. The van der Waals surface area contributed by atoms with Gasteiger partial charge in [-0.3, -0.25) is 14.9 Å². The number of hydrogen-bond acceptors (Lipinski definition) is 5. The van der Waals surface area contributed by atoms with Gasteiger partial charge in [0, 0.05) is 43.7 Å². The molecular weight excluding hydrogens is 278 g/mol. The fourth-order valence-corrected chi connectivity index (χ4v) is 2.49. The molecule has 0 radical (unpaired) electrons. The Labute approximate surface area is 122 Å². The van der Waals surface area contributed by atoms with Crippen molar-refractivity contribution in [2.75, 3.05) is 31.4 Å². The summed E-state index contributed by atoms with van der Waals surface area (Å²) in [6.45, 7) is 1.95. The van der Waals surface area contributed by atoms with E-state index in [0.29, 0.717) is 11.3 Å². The Balaban J connectivity index is 3.12. The summed E-state index contributed by atoms with van der Waals surface area (Å²) in [6.07, 6.45) is 1.97. The first kappa shape index (κ1) is 16.3. The summed E-state index contributed by atoms with van der Waals surface area (Å²) in [7, 11) is 3.39. The highest BCUT2D eigenvalue weighted by Gasteiger charge is 2.22. The molecule has 0 saturated heterocycles. The molecule has 6 nitrogen and oxygen atoms in total. The van der Waals surface area contributed by atoms with Gasteiger partial charge >= 0.3 is 0 Å². The maximum absolute atomic E-state index is 12.5. The predicted octanol–water partition coefficient (Wildman–Crippen LogP) is 2.46. The minimum absolute atomic E-state index is 0.0569. The standard InChI is InChI=1S/C13H19N3O3S/c1-9(8-20-4)15(3)13(17)11-7-10(16(18)19)5-6-12(11)14-2/h5-7,9,14H,8H2,1-4H3. The number of anilines is 1. The van der Waals surface area contributed by atoms with E-state index in [1.165, 1.54) is 12.1 Å². The van der Waals surface area contributed by atoms with Crippen molar-refractivity contribution in [2.45, 2.75) is 13.0 Å². The maximum Gasteiger partial charge on any atom is 0.270 e. The highest BCUT2D eigenvalue weighted by molar-refractivity contribution is 7.98. The molecule has 110 valence electrons. The number of nitrogens with zero attached hydrogens (tertiary/aromatic N) is 2. The second kappa shape index (κ2) is 7.14. The molecule has 0 aliphatic heterocycles. The molecule has 0 fully saturated rings. The van der Waals surface area contributed by atoms with Crippen LogP contribution in [-0.4, -0.2) is 47.9 Å². The zero-order chi connectivity index (χ0) is 15.3. The molecule has 0 saturated carbocycles. The highest BCUT2D eigenvalue weighted by Crippen LogP contribution is 2.23. The van der Waals surface area contributed by atoms with Crippen LogP contribution in [0.5, 0.6) is 0 Å². The van der Waals surface area contributed by atoms with Crippen LogP contribution in [0.3, 0.4) is 0 Å². The van der Waals surface area contributed by atoms with Crippen LogP contribution in [0.25, 0.3) is 0 Å². The number of amides is 1. The molecule has 0 heterocycles. The van der Waals surface area contributed by atoms with Gasteiger partial charge in [0.1, 0.15) is 0 Å². The van der Waals surface area contributed by atoms with Crippen LogP contribution in [0, 0.1) is 10.1 Å². The van der Waals surface area contributed by atoms with E-state index in [1.807, 2.05) is 13.2 Å². The van der Waals surface area contributed by atoms with Crippen molar-refractivity contribution in [3.63, 3.8) is 0 Å². The second-order valence-electron chi connectivity index (χ2n) is 4.46. The lowest BCUT2D eigenvalue weighted by molar-refractivity contribution is -0.384. The molecule has 0 bridgehead atoms. The van der Waals surface area contributed by atoms with Gasteiger partial charge in [-0.2, -0.15) is 11.8 Å². The lowest BCUT2D eigenvalue weighted by atomic mass is 10.1. The maximum atomic E-state index is 12.5. The molecule has 1 amide bonds. The highest BCUT2D eigenvalue weighted by atomic mass is 32.2. The van der Waals surface area contributed by atoms with E-state index in [-0.39, 0.29) is 17.6 Å². The number of nitrogens with one attached hydrogen (secondary N) is 1. The lowest BCUT2D eigenvalue weighted by Crippen LogP contribution is -2.36. The SMILES string of the molecule is CNc1ccc([N+](=O)[O-])cc1C(=O)N(C)C(C)CSC. The van der Waals surface area contributed by atoms with Crippen LogP contribution in [0.15, 0.2) is 18.2 Å². The van der Waals surface area contributed by atoms with Crippen molar-refractivity contribution in [3.05, 3.63) is 33.9 Å². The third-order valence-corrected chi connectivity index (χ3v) is 3.92. The number of hydrogen-bond donors (Lipinski definition) is 1. The van der Waals surface area contributed by atoms with E-state index in [9.17, 15) is 14.9 Å². The van der Waals surface area contributed by atoms with Crippen LogP contribution < -0.4 is 5.32 Å². The Bertz CT molecular complexity index is 508. The molecule has 1 atom stereocenters. The largest absolute Gasteiger partial charge is 0.387 e. The van der Waals surface area contributed by atoms with Crippen LogP contribution in [0.1, 0.15) is 17.3 Å². The lowest BCUT2D eigenvalue weighted by Gasteiger charge is -2.25. The Kier molecular flexibility index (Phi) is 5.82. The van der Waals surface area contributed by atoms with Gasteiger partial charge < -0.3 is 10.2 Å². The van der Waals surface area contributed by atoms with E-state index >= 15 is 0 Å². The molecule has 0 aromatic heterocycles. The summed E-state index contributed by atoms with van der Waals surface area (Å²) in [4.78, 5) is 24.4. The van der Waals surface area contributed by atoms with E-state index in [1.54, 1.807) is 36.8 Å². The van der Waals surface area contributed by atoms with Crippen molar-refractivity contribution in [3.8, 4) is 0 Å². The Morgan fingerprint density at radius 3 is 2.70 bits per heavy atom. The molecule has 1 rings (SSSR count). The minimum Gasteiger partial charge on any atom is -0.387 e. The van der Waals surface area contributed by atoms with Gasteiger partial charge in [-0.25, -0.2) is 0 Å². The molecule has 0 aliphatic rings. The smallest absolute Gasteiger partial charge is 0.270 e. The zero-order valence-corrected chi connectivity index (χ0v) is 12.9. The van der Waals surface area contributed by atoms with Gasteiger partial charge in [0.15, 0.2) is 0 Å². The number of carbonyl (C=O) groups is 1. The van der Waals surface area contributed by atoms with Crippen LogP contribution in [0.2, 0.25) is 0 Å². The number of nitro benzene ring substituents is 1. The summed E-state index contributed by atoms with van der Waals surface area (Å²) in [5, 5.41) is 13.7. The normalized spacial score (nSPS) is 11.8. The van der Waals surface area contributed by atoms with Gasteiger partial charge in [0.05, 0.1) is 10.5 Å². The Morgan fingerprint density at radius 2 is 2.20 bits per heavy atom. The van der Waals surface area contributed by atoms with Crippen molar-refractivity contribution in [2.24, 2.45) is 0 Å². The van der Waals surface area contributed by atoms with Gasteiger partial charge in [0.25, 0.3) is 11.6 Å². The van der Waals surface area contributed by atoms with Gasteiger partial charge in [-0.15, -0.1) is 0 Å². The van der Waals surface area contributed by atoms with Crippen molar-refractivity contribution in [1.29, 1.82) is 0 Å². The minimum atomic E-state index is -0.498. The first-order valence-electron chi connectivity index (χ1n) is 6.14. The molecule has 1 N–H and O–H groups in total. The van der Waals surface area contributed by atoms with Gasteiger partial charge in [0.2, 0.25) is 0 Å². The van der Waals surface area contributed by atoms with Crippen molar-refractivity contribution >= 4 is 29.0 Å². The first-order valence-corrected chi connectivity index (χ1v) is 7.54. The van der Waals surface area contributed by atoms with E-state index in [2.05, 4.69) is 5.32 Å². The topological polar surface area (TPSA) is 75.5 Å². The molecule has 1 aromatic carbocycles. The number of benzene rings is 1. The number of non-ortho nitro benzene ring substituents is 1. The molecule has 7 heteroatoms. The van der Waals surface area contributed by atoms with Gasteiger partial charge in [-0.1, -0.05) is 0 Å². The first-order chi connectivity index (χ1) is 9.42.